The normalized spacial score (nSPS) is 18.0. The van der Waals surface area contributed by atoms with Gasteiger partial charge in [-0.3, -0.25) is 24.6 Å². The van der Waals surface area contributed by atoms with E-state index in [1.807, 2.05) is 18.2 Å². The molecule has 1 aliphatic rings. The number of carbonyl (C=O) groups is 2. The molecule has 0 aliphatic carbocycles. The van der Waals surface area contributed by atoms with E-state index in [0.29, 0.717) is 13.1 Å². The average molecular weight is 342 g/mol. The molecule has 0 saturated carbocycles. The third kappa shape index (κ3) is 4.63. The number of hydrogen-bond donors (Lipinski definition) is 3. The van der Waals surface area contributed by atoms with Crippen LogP contribution in [0.2, 0.25) is 0 Å². The lowest BCUT2D eigenvalue weighted by Crippen LogP contribution is -2.42. The molecule has 2 amide bonds. The van der Waals surface area contributed by atoms with E-state index in [1.54, 1.807) is 12.3 Å². The van der Waals surface area contributed by atoms with Gasteiger partial charge in [-0.15, -0.1) is 0 Å². The van der Waals surface area contributed by atoms with Gasteiger partial charge in [0.05, 0.1) is 18.8 Å². The summed E-state index contributed by atoms with van der Waals surface area (Å²) in [5.74, 6) is -0.337. The topological polar surface area (TPSA) is 117 Å². The van der Waals surface area contributed by atoms with Crippen LogP contribution in [0.3, 0.4) is 0 Å². The summed E-state index contributed by atoms with van der Waals surface area (Å²) >= 11 is 0. The van der Waals surface area contributed by atoms with E-state index in [1.165, 1.54) is 0 Å². The molecule has 1 atom stereocenters. The van der Waals surface area contributed by atoms with Crippen molar-refractivity contribution in [3.05, 3.63) is 47.5 Å². The molecule has 0 bridgehead atoms. The van der Waals surface area contributed by atoms with Crippen molar-refractivity contribution in [1.82, 2.24) is 25.4 Å². The van der Waals surface area contributed by atoms with Gasteiger partial charge in [-0.1, -0.05) is 6.07 Å². The molecular formula is C17H22N6O2. The lowest BCUT2D eigenvalue weighted by molar-refractivity contribution is -0.122. The van der Waals surface area contributed by atoms with Gasteiger partial charge in [0.25, 0.3) is 5.91 Å². The molecule has 1 saturated heterocycles. The van der Waals surface area contributed by atoms with Crippen LogP contribution in [0.15, 0.2) is 30.5 Å². The van der Waals surface area contributed by atoms with E-state index in [9.17, 15) is 9.59 Å². The van der Waals surface area contributed by atoms with Crippen molar-refractivity contribution in [2.45, 2.75) is 25.3 Å². The number of H-pyrrole nitrogens is 1. The second kappa shape index (κ2) is 7.89. The van der Waals surface area contributed by atoms with E-state index in [0.717, 1.165) is 37.3 Å². The number of nitrogens with zero attached hydrogens (tertiary/aromatic N) is 3. The molecule has 1 aliphatic heterocycles. The zero-order valence-electron chi connectivity index (χ0n) is 13.9. The van der Waals surface area contributed by atoms with Crippen LogP contribution in [0.25, 0.3) is 0 Å². The summed E-state index contributed by atoms with van der Waals surface area (Å²) in [6.07, 6.45) is 3.69. The standard InChI is InChI=1S/C17H22N6O2/c18-17(25)15-8-14(21-22-15)12-4-3-7-23(10-12)11-16(24)20-9-13-5-1-2-6-19-13/h1-2,5-6,8,12H,3-4,7,9-11H2,(H2,18,25)(H,20,24)(H,21,22). The van der Waals surface area contributed by atoms with Gasteiger partial charge in [0, 0.05) is 24.4 Å². The Labute approximate surface area is 145 Å². The number of carbonyl (C=O) groups excluding carboxylic acids is 2. The Hall–Kier alpha value is -2.74. The van der Waals surface area contributed by atoms with Crippen LogP contribution in [0.1, 0.15) is 40.6 Å². The zero-order chi connectivity index (χ0) is 17.6. The van der Waals surface area contributed by atoms with Crippen LogP contribution in [0, 0.1) is 0 Å². The van der Waals surface area contributed by atoms with Gasteiger partial charge in [0.1, 0.15) is 5.69 Å². The maximum Gasteiger partial charge on any atom is 0.269 e. The Balaban J connectivity index is 1.50. The number of nitrogens with one attached hydrogen (secondary N) is 2. The van der Waals surface area contributed by atoms with E-state index >= 15 is 0 Å². The van der Waals surface area contributed by atoms with E-state index in [4.69, 9.17) is 5.73 Å². The lowest BCUT2D eigenvalue weighted by Gasteiger charge is -2.31. The first-order valence-corrected chi connectivity index (χ1v) is 8.36. The molecule has 1 unspecified atom stereocenters. The first-order chi connectivity index (χ1) is 12.1. The molecule has 0 spiro atoms. The molecule has 0 aromatic carbocycles. The van der Waals surface area contributed by atoms with Crippen LogP contribution in [0.5, 0.6) is 0 Å². The van der Waals surface area contributed by atoms with Crippen molar-refractivity contribution in [1.29, 1.82) is 0 Å². The largest absolute Gasteiger partial charge is 0.364 e. The number of aromatic nitrogens is 3. The fourth-order valence-corrected chi connectivity index (χ4v) is 3.08. The number of pyridine rings is 1. The average Bonchev–Trinajstić information content (AvgIpc) is 3.12. The molecule has 25 heavy (non-hydrogen) atoms. The summed E-state index contributed by atoms with van der Waals surface area (Å²) in [7, 11) is 0. The smallest absolute Gasteiger partial charge is 0.269 e. The summed E-state index contributed by atoms with van der Waals surface area (Å²) in [4.78, 5) is 29.6. The third-order valence-electron chi connectivity index (χ3n) is 4.36. The number of piperidine rings is 1. The quantitative estimate of drug-likeness (QED) is 0.702. The summed E-state index contributed by atoms with van der Waals surface area (Å²) in [5, 5.41) is 9.72. The molecule has 132 valence electrons. The molecule has 3 rings (SSSR count). The number of likely N-dealkylation sites (tertiary alicyclic amines) is 1. The molecule has 2 aromatic rings. The number of rotatable bonds is 6. The number of primary amides is 1. The molecular weight excluding hydrogens is 320 g/mol. The van der Waals surface area contributed by atoms with Crippen molar-refractivity contribution in [3.63, 3.8) is 0 Å². The second-order valence-electron chi connectivity index (χ2n) is 6.24. The maximum atomic E-state index is 12.2. The molecule has 1 fully saturated rings. The van der Waals surface area contributed by atoms with Crippen molar-refractivity contribution in [2.75, 3.05) is 19.6 Å². The van der Waals surface area contributed by atoms with Gasteiger partial charge in [-0.25, -0.2) is 0 Å². The summed E-state index contributed by atoms with van der Waals surface area (Å²) < 4.78 is 0. The Bertz CT molecular complexity index is 730. The number of aromatic amines is 1. The Morgan fingerprint density at radius 2 is 2.28 bits per heavy atom. The number of hydrogen-bond acceptors (Lipinski definition) is 5. The molecule has 8 nitrogen and oxygen atoms in total. The second-order valence-corrected chi connectivity index (χ2v) is 6.24. The minimum absolute atomic E-state index is 0.0197. The highest BCUT2D eigenvalue weighted by molar-refractivity contribution is 5.90. The van der Waals surface area contributed by atoms with E-state index in [-0.39, 0.29) is 17.5 Å². The fraction of sp³-hybridized carbons (Fsp3) is 0.412. The maximum absolute atomic E-state index is 12.2. The van der Waals surface area contributed by atoms with Crippen LogP contribution < -0.4 is 11.1 Å². The van der Waals surface area contributed by atoms with Crippen molar-refractivity contribution in [3.8, 4) is 0 Å². The molecule has 0 radical (unpaired) electrons. The predicted octanol–water partition coefficient (Wildman–Crippen LogP) is 0.399. The van der Waals surface area contributed by atoms with Gasteiger partial charge in [-0.05, 0) is 37.6 Å². The van der Waals surface area contributed by atoms with Crippen LogP contribution in [0.4, 0.5) is 0 Å². The monoisotopic (exact) mass is 342 g/mol. The first-order valence-electron chi connectivity index (χ1n) is 8.36. The fourth-order valence-electron chi connectivity index (χ4n) is 3.08. The minimum Gasteiger partial charge on any atom is -0.364 e. The highest BCUT2D eigenvalue weighted by atomic mass is 16.2. The third-order valence-corrected chi connectivity index (χ3v) is 4.36. The lowest BCUT2D eigenvalue weighted by atomic mass is 9.94. The van der Waals surface area contributed by atoms with Gasteiger partial charge in [-0.2, -0.15) is 5.10 Å². The molecule has 3 heterocycles. The van der Waals surface area contributed by atoms with Gasteiger partial charge >= 0.3 is 0 Å². The predicted molar refractivity (Wildman–Crippen MR) is 91.6 cm³/mol. The number of nitrogens with two attached hydrogens (primary N) is 1. The summed E-state index contributed by atoms with van der Waals surface area (Å²) in [6, 6.07) is 7.33. The van der Waals surface area contributed by atoms with Crippen LogP contribution in [-0.4, -0.2) is 51.5 Å². The van der Waals surface area contributed by atoms with Crippen molar-refractivity contribution >= 4 is 11.8 Å². The van der Waals surface area contributed by atoms with Gasteiger partial charge in [0.2, 0.25) is 5.91 Å². The minimum atomic E-state index is -0.538. The zero-order valence-corrected chi connectivity index (χ0v) is 13.9. The van der Waals surface area contributed by atoms with Crippen LogP contribution in [-0.2, 0) is 11.3 Å². The Morgan fingerprint density at radius 1 is 1.40 bits per heavy atom. The summed E-state index contributed by atoms with van der Waals surface area (Å²) in [5.41, 5.74) is 7.22. The molecule has 2 aromatic heterocycles. The first kappa shape index (κ1) is 17.1. The summed E-state index contributed by atoms with van der Waals surface area (Å²) in [6.45, 7) is 2.40. The van der Waals surface area contributed by atoms with E-state index in [2.05, 4.69) is 25.4 Å². The van der Waals surface area contributed by atoms with Crippen molar-refractivity contribution in [2.24, 2.45) is 5.73 Å². The van der Waals surface area contributed by atoms with Gasteiger partial charge in [0.15, 0.2) is 0 Å². The molecule has 4 N–H and O–H groups in total. The highest BCUT2D eigenvalue weighted by Crippen LogP contribution is 2.25. The Morgan fingerprint density at radius 3 is 3.00 bits per heavy atom. The van der Waals surface area contributed by atoms with Crippen molar-refractivity contribution < 1.29 is 9.59 Å². The highest BCUT2D eigenvalue weighted by Gasteiger charge is 2.24. The number of amides is 2. The van der Waals surface area contributed by atoms with E-state index < -0.39 is 5.91 Å². The SMILES string of the molecule is NC(=O)c1cc(C2CCCN(CC(=O)NCc3ccccn3)C2)[nH]n1. The van der Waals surface area contributed by atoms with Gasteiger partial charge < -0.3 is 11.1 Å². The van der Waals surface area contributed by atoms with Crippen LogP contribution >= 0.6 is 0 Å². The molecule has 8 heteroatoms. The Kier molecular flexibility index (Phi) is 5.39.